The fourth-order valence-corrected chi connectivity index (χ4v) is 3.09. The molecule has 0 aliphatic rings. The maximum Gasteiger partial charge on any atom is 0.144 e. The van der Waals surface area contributed by atoms with Gasteiger partial charge in [-0.05, 0) is 34.1 Å². The first-order valence-electron chi connectivity index (χ1n) is 5.89. The molecule has 0 atom stereocenters. The van der Waals surface area contributed by atoms with Crippen molar-refractivity contribution in [1.29, 1.82) is 0 Å². The van der Waals surface area contributed by atoms with Crippen molar-refractivity contribution in [3.8, 4) is 5.69 Å². The SMILES string of the molecule is Fc1cc2nc(CCl)n(-c3cccc(Cl)c3Br)c2cc1Cl. The Balaban J connectivity index is 2.40. The van der Waals surface area contributed by atoms with Crippen LogP contribution in [0.2, 0.25) is 10.0 Å². The van der Waals surface area contributed by atoms with E-state index in [0.717, 1.165) is 5.69 Å². The first-order chi connectivity index (χ1) is 10.0. The Kier molecular flexibility index (Phi) is 4.14. The lowest BCUT2D eigenvalue weighted by molar-refractivity contribution is 0.630. The van der Waals surface area contributed by atoms with Gasteiger partial charge in [0.2, 0.25) is 0 Å². The van der Waals surface area contributed by atoms with E-state index in [1.54, 1.807) is 6.07 Å². The van der Waals surface area contributed by atoms with Crippen molar-refractivity contribution >= 4 is 61.8 Å². The van der Waals surface area contributed by atoms with Gasteiger partial charge in [-0.3, -0.25) is 4.57 Å². The minimum atomic E-state index is -0.514. The van der Waals surface area contributed by atoms with E-state index in [4.69, 9.17) is 34.8 Å². The van der Waals surface area contributed by atoms with E-state index < -0.39 is 5.82 Å². The molecule has 0 saturated heterocycles. The zero-order valence-corrected chi connectivity index (χ0v) is 14.2. The van der Waals surface area contributed by atoms with Gasteiger partial charge in [-0.2, -0.15) is 0 Å². The number of rotatable bonds is 2. The average molecular weight is 408 g/mol. The van der Waals surface area contributed by atoms with Gasteiger partial charge in [0, 0.05) is 6.07 Å². The van der Waals surface area contributed by atoms with Crippen molar-refractivity contribution < 1.29 is 4.39 Å². The highest BCUT2D eigenvalue weighted by atomic mass is 79.9. The van der Waals surface area contributed by atoms with Crippen LogP contribution in [0, 0.1) is 5.82 Å². The lowest BCUT2D eigenvalue weighted by atomic mass is 10.2. The Bertz CT molecular complexity index is 848. The number of imidazole rings is 1. The largest absolute Gasteiger partial charge is 0.294 e. The highest BCUT2D eigenvalue weighted by Crippen LogP contribution is 2.33. The van der Waals surface area contributed by atoms with Crippen LogP contribution in [0.25, 0.3) is 16.7 Å². The molecule has 0 bridgehead atoms. The van der Waals surface area contributed by atoms with Gasteiger partial charge in [-0.15, -0.1) is 11.6 Å². The van der Waals surface area contributed by atoms with E-state index in [9.17, 15) is 4.39 Å². The van der Waals surface area contributed by atoms with Crippen molar-refractivity contribution in [3.05, 3.63) is 56.5 Å². The van der Waals surface area contributed by atoms with E-state index in [2.05, 4.69) is 20.9 Å². The Morgan fingerprint density at radius 2 is 1.95 bits per heavy atom. The number of hydrogen-bond acceptors (Lipinski definition) is 1. The summed E-state index contributed by atoms with van der Waals surface area (Å²) in [6, 6.07) is 8.27. The van der Waals surface area contributed by atoms with Crippen molar-refractivity contribution in [3.63, 3.8) is 0 Å². The number of alkyl halides is 1. The van der Waals surface area contributed by atoms with Crippen LogP contribution in [0.1, 0.15) is 5.82 Å². The fourth-order valence-electron chi connectivity index (χ4n) is 2.15. The zero-order valence-electron chi connectivity index (χ0n) is 10.4. The molecule has 1 aromatic heterocycles. The van der Waals surface area contributed by atoms with Gasteiger partial charge in [0.25, 0.3) is 0 Å². The number of fused-ring (bicyclic) bond motifs is 1. The fraction of sp³-hybridized carbons (Fsp3) is 0.0714. The summed E-state index contributed by atoms with van der Waals surface area (Å²) in [6.45, 7) is 0. The molecule has 108 valence electrons. The third-order valence-corrected chi connectivity index (χ3v) is 4.96. The molecule has 0 saturated carbocycles. The third kappa shape index (κ3) is 2.55. The molecule has 21 heavy (non-hydrogen) atoms. The van der Waals surface area contributed by atoms with Crippen LogP contribution in [0.4, 0.5) is 4.39 Å². The lowest BCUT2D eigenvalue weighted by Gasteiger charge is -2.11. The molecule has 2 nitrogen and oxygen atoms in total. The molecule has 0 radical (unpaired) electrons. The quantitative estimate of drug-likeness (QED) is 0.478. The maximum atomic E-state index is 13.6. The summed E-state index contributed by atoms with van der Waals surface area (Å²) in [5.74, 6) is 0.240. The number of benzene rings is 2. The Hall–Kier alpha value is -0.810. The van der Waals surface area contributed by atoms with Gasteiger partial charge in [-0.25, -0.2) is 9.37 Å². The van der Waals surface area contributed by atoms with Gasteiger partial charge in [0.05, 0.1) is 37.1 Å². The highest BCUT2D eigenvalue weighted by molar-refractivity contribution is 9.10. The normalized spacial score (nSPS) is 11.3. The van der Waals surface area contributed by atoms with Crippen LogP contribution in [-0.4, -0.2) is 9.55 Å². The van der Waals surface area contributed by atoms with Crippen LogP contribution < -0.4 is 0 Å². The van der Waals surface area contributed by atoms with Crippen LogP contribution in [0.3, 0.4) is 0 Å². The predicted octanol–water partition coefficient (Wildman–Crippen LogP) is 5.97. The third-order valence-electron chi connectivity index (χ3n) is 3.06. The molecule has 0 aliphatic carbocycles. The molecule has 0 fully saturated rings. The first-order valence-corrected chi connectivity index (χ1v) is 7.98. The van der Waals surface area contributed by atoms with Gasteiger partial charge in [-0.1, -0.05) is 29.3 Å². The van der Waals surface area contributed by atoms with Crippen molar-refractivity contribution in [2.75, 3.05) is 0 Å². The maximum absolute atomic E-state index is 13.6. The zero-order chi connectivity index (χ0) is 15.1. The minimum absolute atomic E-state index is 0.0305. The van der Waals surface area contributed by atoms with Crippen LogP contribution >= 0.6 is 50.7 Å². The number of halogens is 5. The predicted molar refractivity (Wildman–Crippen MR) is 88.3 cm³/mol. The Morgan fingerprint density at radius 3 is 2.67 bits per heavy atom. The standard InChI is InChI=1S/C14H7BrCl3FN2/c15-14-7(17)2-1-3-11(14)21-12-4-8(18)9(19)5-10(12)20-13(21)6-16/h1-5H,6H2. The molecule has 0 aliphatic heterocycles. The molecule has 0 amide bonds. The van der Waals surface area contributed by atoms with Crippen LogP contribution in [0.5, 0.6) is 0 Å². The van der Waals surface area contributed by atoms with Gasteiger partial charge in [0.15, 0.2) is 0 Å². The average Bonchev–Trinajstić information content (AvgIpc) is 2.80. The summed E-state index contributed by atoms with van der Waals surface area (Å²) in [7, 11) is 0. The second-order valence-electron chi connectivity index (χ2n) is 4.33. The van der Waals surface area contributed by atoms with E-state index in [1.807, 2.05) is 16.7 Å². The molecule has 1 heterocycles. The molecule has 2 aromatic carbocycles. The number of aromatic nitrogens is 2. The number of hydrogen-bond donors (Lipinski definition) is 0. The summed E-state index contributed by atoms with van der Waals surface area (Å²) < 4.78 is 16.1. The Labute approximate surface area is 143 Å². The second-order valence-corrected chi connectivity index (χ2v) is 6.20. The molecular formula is C14H7BrCl3FN2. The van der Waals surface area contributed by atoms with Gasteiger partial charge < -0.3 is 0 Å². The first kappa shape index (κ1) is 15.1. The molecule has 0 N–H and O–H groups in total. The van der Waals surface area contributed by atoms with Gasteiger partial charge in [0.1, 0.15) is 11.6 Å². The summed E-state index contributed by atoms with van der Waals surface area (Å²) in [6.07, 6.45) is 0. The van der Waals surface area contributed by atoms with Crippen molar-refractivity contribution in [1.82, 2.24) is 9.55 Å². The molecule has 0 spiro atoms. The second kappa shape index (κ2) is 5.76. The number of nitrogens with zero attached hydrogens (tertiary/aromatic N) is 2. The lowest BCUT2D eigenvalue weighted by Crippen LogP contribution is -2.00. The molecule has 3 aromatic rings. The van der Waals surface area contributed by atoms with Crippen molar-refractivity contribution in [2.45, 2.75) is 5.88 Å². The minimum Gasteiger partial charge on any atom is -0.294 e. The van der Waals surface area contributed by atoms with E-state index in [-0.39, 0.29) is 10.9 Å². The summed E-state index contributed by atoms with van der Waals surface area (Å²) in [5.41, 5.74) is 1.92. The molecule has 7 heteroatoms. The monoisotopic (exact) mass is 406 g/mol. The molecular weight excluding hydrogens is 401 g/mol. The topological polar surface area (TPSA) is 17.8 Å². The van der Waals surface area contributed by atoms with E-state index >= 15 is 0 Å². The van der Waals surface area contributed by atoms with Crippen LogP contribution in [-0.2, 0) is 5.88 Å². The van der Waals surface area contributed by atoms with E-state index in [0.29, 0.717) is 26.4 Å². The highest BCUT2D eigenvalue weighted by Gasteiger charge is 2.17. The summed E-state index contributed by atoms with van der Waals surface area (Å²) in [5, 5.41) is 0.589. The summed E-state index contributed by atoms with van der Waals surface area (Å²) in [4.78, 5) is 4.35. The summed E-state index contributed by atoms with van der Waals surface area (Å²) >= 11 is 21.4. The Morgan fingerprint density at radius 1 is 1.19 bits per heavy atom. The smallest absolute Gasteiger partial charge is 0.144 e. The van der Waals surface area contributed by atoms with Crippen molar-refractivity contribution in [2.24, 2.45) is 0 Å². The molecule has 3 rings (SSSR count). The van der Waals surface area contributed by atoms with Crippen LogP contribution in [0.15, 0.2) is 34.8 Å². The van der Waals surface area contributed by atoms with Gasteiger partial charge >= 0.3 is 0 Å². The van der Waals surface area contributed by atoms with E-state index in [1.165, 1.54) is 12.1 Å². The molecule has 0 unspecified atom stereocenters.